The Labute approximate surface area is 92.6 Å². The van der Waals surface area contributed by atoms with E-state index in [1.807, 2.05) is 0 Å². The number of benzene rings is 1. The lowest BCUT2D eigenvalue weighted by Gasteiger charge is -2.17. The number of ether oxygens (including phenoxy) is 1. The maximum atomic E-state index is 5.15. The van der Waals surface area contributed by atoms with Crippen LogP contribution in [0.25, 0.3) is 0 Å². The second-order valence-electron chi connectivity index (χ2n) is 3.70. The molecule has 0 fully saturated rings. The van der Waals surface area contributed by atoms with Crippen molar-refractivity contribution in [3.8, 4) is 0 Å². The van der Waals surface area contributed by atoms with Gasteiger partial charge in [-0.15, -0.1) is 0 Å². The predicted octanol–water partition coefficient (Wildman–Crippen LogP) is 2.42. The van der Waals surface area contributed by atoms with Gasteiger partial charge in [0.25, 0.3) is 0 Å². The van der Waals surface area contributed by atoms with Crippen LogP contribution in [-0.4, -0.2) is 26.8 Å². The van der Waals surface area contributed by atoms with Crippen LogP contribution < -0.4 is 5.32 Å². The van der Waals surface area contributed by atoms with Crippen molar-refractivity contribution in [2.75, 3.05) is 26.8 Å². The first kappa shape index (κ1) is 12.2. The van der Waals surface area contributed by atoms with Crippen molar-refractivity contribution in [3.63, 3.8) is 0 Å². The lowest BCUT2D eigenvalue weighted by Crippen LogP contribution is -2.22. The molecule has 1 rings (SSSR count). The molecule has 1 N–H and O–H groups in total. The highest BCUT2D eigenvalue weighted by Gasteiger charge is 2.09. The van der Waals surface area contributed by atoms with Crippen LogP contribution in [0.5, 0.6) is 0 Å². The van der Waals surface area contributed by atoms with Crippen molar-refractivity contribution in [3.05, 3.63) is 35.9 Å². The first-order chi connectivity index (χ1) is 7.38. The van der Waals surface area contributed by atoms with Crippen LogP contribution in [-0.2, 0) is 4.74 Å². The minimum absolute atomic E-state index is 0.561. The number of likely N-dealkylation sites (N-methyl/N-ethyl adjacent to an activating group) is 1. The quantitative estimate of drug-likeness (QED) is 0.741. The Morgan fingerprint density at radius 3 is 2.60 bits per heavy atom. The van der Waals surface area contributed by atoms with E-state index < -0.39 is 0 Å². The third-order valence-corrected chi connectivity index (χ3v) is 2.58. The zero-order chi connectivity index (χ0) is 10.9. The van der Waals surface area contributed by atoms with Crippen molar-refractivity contribution >= 4 is 0 Å². The van der Waals surface area contributed by atoms with E-state index in [0.29, 0.717) is 5.92 Å². The van der Waals surface area contributed by atoms with E-state index in [0.717, 1.165) is 26.1 Å². The van der Waals surface area contributed by atoms with Gasteiger partial charge in [0.05, 0.1) is 0 Å². The first-order valence-corrected chi connectivity index (χ1v) is 5.63. The summed E-state index contributed by atoms with van der Waals surface area (Å²) in [6.07, 6.45) is 1.08. The Kier molecular flexibility index (Phi) is 6.05. The molecule has 15 heavy (non-hydrogen) atoms. The molecule has 0 aliphatic carbocycles. The number of methoxy groups -OCH3 is 1. The summed E-state index contributed by atoms with van der Waals surface area (Å²) in [7, 11) is 1.76. The molecule has 0 aliphatic heterocycles. The molecular weight excluding hydrogens is 186 g/mol. The summed E-state index contributed by atoms with van der Waals surface area (Å²) >= 11 is 0. The van der Waals surface area contributed by atoms with Crippen LogP contribution in [0.1, 0.15) is 24.8 Å². The highest BCUT2D eigenvalue weighted by atomic mass is 16.5. The lowest BCUT2D eigenvalue weighted by atomic mass is 9.96. The molecule has 1 atom stereocenters. The fraction of sp³-hybridized carbons (Fsp3) is 0.538. The average Bonchev–Trinajstić information content (AvgIpc) is 2.30. The Balaban J connectivity index is 2.55. The summed E-state index contributed by atoms with van der Waals surface area (Å²) in [6.45, 7) is 5.02. The van der Waals surface area contributed by atoms with Gasteiger partial charge in [0, 0.05) is 20.3 Å². The Morgan fingerprint density at radius 2 is 2.00 bits per heavy atom. The molecule has 0 spiro atoms. The van der Waals surface area contributed by atoms with Gasteiger partial charge in [-0.1, -0.05) is 37.3 Å². The summed E-state index contributed by atoms with van der Waals surface area (Å²) in [5.74, 6) is 0.561. The van der Waals surface area contributed by atoms with Crippen molar-refractivity contribution in [2.45, 2.75) is 19.3 Å². The third kappa shape index (κ3) is 4.45. The van der Waals surface area contributed by atoms with Gasteiger partial charge in [-0.3, -0.25) is 0 Å². The molecule has 1 aromatic rings. The van der Waals surface area contributed by atoms with Crippen LogP contribution in [0, 0.1) is 0 Å². The van der Waals surface area contributed by atoms with E-state index >= 15 is 0 Å². The van der Waals surface area contributed by atoms with E-state index in [-0.39, 0.29) is 0 Å². The van der Waals surface area contributed by atoms with Crippen molar-refractivity contribution in [1.29, 1.82) is 0 Å². The molecule has 0 heterocycles. The molecular formula is C13H21NO. The highest BCUT2D eigenvalue weighted by molar-refractivity contribution is 5.19. The molecule has 0 saturated heterocycles. The molecule has 0 aromatic heterocycles. The first-order valence-electron chi connectivity index (χ1n) is 5.63. The minimum Gasteiger partial charge on any atom is -0.385 e. The second-order valence-corrected chi connectivity index (χ2v) is 3.70. The third-order valence-electron chi connectivity index (χ3n) is 2.58. The number of hydrogen-bond donors (Lipinski definition) is 1. The zero-order valence-corrected chi connectivity index (χ0v) is 9.70. The van der Waals surface area contributed by atoms with E-state index in [1.165, 1.54) is 5.56 Å². The van der Waals surface area contributed by atoms with E-state index in [1.54, 1.807) is 7.11 Å². The van der Waals surface area contributed by atoms with Crippen LogP contribution in [0.2, 0.25) is 0 Å². The smallest absolute Gasteiger partial charge is 0.0468 e. The average molecular weight is 207 g/mol. The van der Waals surface area contributed by atoms with Gasteiger partial charge in [-0.2, -0.15) is 0 Å². The van der Waals surface area contributed by atoms with Gasteiger partial charge >= 0.3 is 0 Å². The molecule has 1 aromatic carbocycles. The fourth-order valence-electron chi connectivity index (χ4n) is 1.69. The van der Waals surface area contributed by atoms with Gasteiger partial charge in [-0.05, 0) is 24.4 Å². The van der Waals surface area contributed by atoms with Gasteiger partial charge in [0.2, 0.25) is 0 Å². The molecule has 2 heteroatoms. The van der Waals surface area contributed by atoms with Crippen LogP contribution in [0.4, 0.5) is 0 Å². The maximum Gasteiger partial charge on any atom is 0.0468 e. The van der Waals surface area contributed by atoms with E-state index in [9.17, 15) is 0 Å². The molecule has 0 aliphatic rings. The molecule has 0 amide bonds. The van der Waals surface area contributed by atoms with Crippen LogP contribution in [0.3, 0.4) is 0 Å². The Morgan fingerprint density at radius 1 is 1.27 bits per heavy atom. The molecule has 84 valence electrons. The predicted molar refractivity (Wildman–Crippen MR) is 64.2 cm³/mol. The van der Waals surface area contributed by atoms with E-state index in [2.05, 4.69) is 42.6 Å². The monoisotopic (exact) mass is 207 g/mol. The normalized spacial score (nSPS) is 12.7. The summed E-state index contributed by atoms with van der Waals surface area (Å²) in [4.78, 5) is 0. The SMILES string of the molecule is CCNCC(CCOC)c1ccccc1. The summed E-state index contributed by atoms with van der Waals surface area (Å²) in [6, 6.07) is 10.6. The molecule has 0 saturated carbocycles. The highest BCUT2D eigenvalue weighted by Crippen LogP contribution is 2.18. The van der Waals surface area contributed by atoms with Crippen LogP contribution in [0.15, 0.2) is 30.3 Å². The van der Waals surface area contributed by atoms with Crippen molar-refractivity contribution in [1.82, 2.24) is 5.32 Å². The van der Waals surface area contributed by atoms with Crippen molar-refractivity contribution < 1.29 is 4.74 Å². The van der Waals surface area contributed by atoms with E-state index in [4.69, 9.17) is 4.74 Å². The fourth-order valence-corrected chi connectivity index (χ4v) is 1.69. The minimum atomic E-state index is 0.561. The largest absolute Gasteiger partial charge is 0.385 e. The topological polar surface area (TPSA) is 21.3 Å². The van der Waals surface area contributed by atoms with Crippen LogP contribution >= 0.6 is 0 Å². The van der Waals surface area contributed by atoms with Gasteiger partial charge in [0.1, 0.15) is 0 Å². The number of hydrogen-bond acceptors (Lipinski definition) is 2. The zero-order valence-electron chi connectivity index (χ0n) is 9.70. The lowest BCUT2D eigenvalue weighted by molar-refractivity contribution is 0.187. The van der Waals surface area contributed by atoms with Crippen molar-refractivity contribution in [2.24, 2.45) is 0 Å². The van der Waals surface area contributed by atoms with Gasteiger partial charge < -0.3 is 10.1 Å². The molecule has 0 radical (unpaired) electrons. The molecule has 1 unspecified atom stereocenters. The summed E-state index contributed by atoms with van der Waals surface area (Å²) in [5, 5.41) is 3.40. The second kappa shape index (κ2) is 7.43. The van der Waals surface area contributed by atoms with Gasteiger partial charge in [-0.25, -0.2) is 0 Å². The molecule has 2 nitrogen and oxygen atoms in total. The van der Waals surface area contributed by atoms with Gasteiger partial charge in [0.15, 0.2) is 0 Å². The summed E-state index contributed by atoms with van der Waals surface area (Å²) < 4.78 is 5.15. The Hall–Kier alpha value is -0.860. The summed E-state index contributed by atoms with van der Waals surface area (Å²) in [5.41, 5.74) is 1.40. The Bertz CT molecular complexity index is 240. The standard InChI is InChI=1S/C13H21NO/c1-3-14-11-13(9-10-15-2)12-7-5-4-6-8-12/h4-8,13-14H,3,9-11H2,1-2H3. The number of rotatable bonds is 7. The molecule has 0 bridgehead atoms. The maximum absolute atomic E-state index is 5.15. The number of nitrogens with one attached hydrogen (secondary N) is 1.